The minimum atomic E-state index is -2.12. The Morgan fingerprint density at radius 2 is 1.70 bits per heavy atom. The van der Waals surface area contributed by atoms with Crippen LogP contribution in [0, 0.1) is 28.1 Å². The van der Waals surface area contributed by atoms with Crippen LogP contribution in [0.5, 0.6) is 0 Å². The Bertz CT molecular complexity index is 925. The van der Waals surface area contributed by atoms with E-state index in [1.54, 1.807) is 0 Å². The van der Waals surface area contributed by atoms with Crippen LogP contribution in [-0.4, -0.2) is 75.1 Å². The topological polar surface area (TPSA) is 149 Å². The number of hydrogen-bond acceptors (Lipinski definition) is 10. The highest BCUT2D eigenvalue weighted by Gasteiger charge is 3.02. The highest BCUT2D eigenvalue weighted by molar-refractivity contribution is 5.93. The van der Waals surface area contributed by atoms with Gasteiger partial charge in [-0.25, -0.2) is 9.59 Å². The standard InChI is InChI=1S/C20H24O10/c1-6-12(23)27-7-5-17-11-8(21)9(16(2,3)4)18(17)10(22)13(24)29-15(18)30-20(17,14(25)28-11)19(6,7)26/h6-11,15,21-22,26H,5H2,1-4H3/t6-,7?,8-,9?,10+,11?,15?,17?,18?,19-,20?/m1/s1. The molecule has 6 rings (SSSR count). The zero-order valence-electron chi connectivity index (χ0n) is 16.9. The molecular weight excluding hydrogens is 400 g/mol. The zero-order chi connectivity index (χ0) is 21.8. The summed E-state index contributed by atoms with van der Waals surface area (Å²) in [7, 11) is 0. The summed E-state index contributed by atoms with van der Waals surface area (Å²) in [4.78, 5) is 38.2. The lowest BCUT2D eigenvalue weighted by molar-refractivity contribution is -0.239. The Balaban J connectivity index is 1.71. The van der Waals surface area contributed by atoms with Gasteiger partial charge in [0, 0.05) is 12.3 Å². The number of aliphatic hydroxyl groups excluding tert-OH is 2. The Kier molecular flexibility index (Phi) is 2.97. The van der Waals surface area contributed by atoms with E-state index < -0.39 is 87.9 Å². The van der Waals surface area contributed by atoms with Crippen molar-refractivity contribution in [3.63, 3.8) is 0 Å². The number of esters is 3. The molecule has 2 spiro atoms. The maximum absolute atomic E-state index is 13.4. The Morgan fingerprint density at radius 3 is 2.33 bits per heavy atom. The van der Waals surface area contributed by atoms with Gasteiger partial charge in [0.2, 0.25) is 11.9 Å². The molecule has 0 radical (unpaired) electrons. The molecule has 6 aliphatic rings. The predicted molar refractivity (Wildman–Crippen MR) is 92.0 cm³/mol. The van der Waals surface area contributed by atoms with E-state index in [1.165, 1.54) is 6.92 Å². The van der Waals surface area contributed by atoms with Crippen molar-refractivity contribution >= 4 is 17.9 Å². The van der Waals surface area contributed by atoms with Gasteiger partial charge in [-0.2, -0.15) is 0 Å². The van der Waals surface area contributed by atoms with Crippen LogP contribution in [0.2, 0.25) is 0 Å². The molecule has 4 saturated heterocycles. The minimum Gasteiger partial charge on any atom is -0.459 e. The van der Waals surface area contributed by atoms with Crippen LogP contribution in [0.3, 0.4) is 0 Å². The molecule has 0 amide bonds. The third-order valence-corrected chi connectivity index (χ3v) is 8.91. The molecular formula is C20H24O10. The van der Waals surface area contributed by atoms with E-state index >= 15 is 0 Å². The van der Waals surface area contributed by atoms with Gasteiger partial charge < -0.3 is 34.3 Å². The van der Waals surface area contributed by atoms with E-state index in [9.17, 15) is 29.7 Å². The molecule has 6 fully saturated rings. The van der Waals surface area contributed by atoms with Crippen molar-refractivity contribution < 1.29 is 48.7 Å². The van der Waals surface area contributed by atoms with Gasteiger partial charge in [-0.1, -0.05) is 20.8 Å². The lowest BCUT2D eigenvalue weighted by atomic mass is 9.51. The minimum absolute atomic E-state index is 0.107. The second-order valence-corrected chi connectivity index (χ2v) is 10.7. The first kappa shape index (κ1) is 19.0. The van der Waals surface area contributed by atoms with Gasteiger partial charge in [-0.15, -0.1) is 0 Å². The summed E-state index contributed by atoms with van der Waals surface area (Å²) < 4.78 is 22.6. The summed E-state index contributed by atoms with van der Waals surface area (Å²) >= 11 is 0. The maximum Gasteiger partial charge on any atom is 0.342 e. The van der Waals surface area contributed by atoms with Crippen molar-refractivity contribution in [2.45, 2.75) is 76.0 Å². The number of aliphatic hydroxyl groups is 3. The highest BCUT2D eigenvalue weighted by atomic mass is 16.8. The van der Waals surface area contributed by atoms with Gasteiger partial charge >= 0.3 is 17.9 Å². The molecule has 4 aliphatic heterocycles. The fourth-order valence-electron chi connectivity index (χ4n) is 8.22. The van der Waals surface area contributed by atoms with Gasteiger partial charge in [-0.3, -0.25) is 4.79 Å². The summed E-state index contributed by atoms with van der Waals surface area (Å²) in [5, 5.41) is 34.4. The molecule has 0 aromatic rings. The average Bonchev–Trinajstić information content (AvgIpc) is 3.32. The van der Waals surface area contributed by atoms with Crippen molar-refractivity contribution in [2.24, 2.45) is 28.1 Å². The van der Waals surface area contributed by atoms with E-state index in [1.807, 2.05) is 20.8 Å². The molecule has 10 heteroatoms. The quantitative estimate of drug-likeness (QED) is 0.314. The molecule has 0 aromatic carbocycles. The highest BCUT2D eigenvalue weighted by Crippen LogP contribution is 2.84. The van der Waals surface area contributed by atoms with Gasteiger partial charge in [0.25, 0.3) is 0 Å². The zero-order valence-corrected chi connectivity index (χ0v) is 16.9. The van der Waals surface area contributed by atoms with Crippen molar-refractivity contribution in [2.75, 3.05) is 0 Å². The summed E-state index contributed by atoms with van der Waals surface area (Å²) in [6.07, 6.45) is -6.73. The summed E-state index contributed by atoms with van der Waals surface area (Å²) in [6, 6.07) is 0. The molecule has 4 heterocycles. The largest absolute Gasteiger partial charge is 0.459 e. The number of rotatable bonds is 0. The normalized spacial score (nSPS) is 60.1. The molecule has 0 bridgehead atoms. The Hall–Kier alpha value is -1.75. The number of carbonyl (C=O) groups excluding carboxylic acids is 3. The fourth-order valence-corrected chi connectivity index (χ4v) is 8.22. The lowest BCUT2D eigenvalue weighted by Crippen LogP contribution is -2.66. The second kappa shape index (κ2) is 4.69. The number of hydrogen-bond donors (Lipinski definition) is 3. The van der Waals surface area contributed by atoms with Gasteiger partial charge in [0.15, 0.2) is 11.7 Å². The summed E-state index contributed by atoms with van der Waals surface area (Å²) in [5.41, 5.74) is -7.95. The van der Waals surface area contributed by atoms with Crippen molar-refractivity contribution in [1.29, 1.82) is 0 Å². The Morgan fingerprint density at radius 1 is 1.03 bits per heavy atom. The SMILES string of the molecule is C[C@@H]1C(=O)OC2CC34C5OC(=O)C3(OC3OC(=O)[C@H](O)C34C(C(C)(C)C)[C@H]5O)[C@]21O. The third-order valence-electron chi connectivity index (χ3n) is 8.91. The van der Waals surface area contributed by atoms with Gasteiger partial charge in [-0.05, 0) is 12.3 Å². The average molecular weight is 424 g/mol. The van der Waals surface area contributed by atoms with Crippen LogP contribution >= 0.6 is 0 Å². The van der Waals surface area contributed by atoms with Crippen LogP contribution in [0.25, 0.3) is 0 Å². The maximum atomic E-state index is 13.4. The van der Waals surface area contributed by atoms with Crippen LogP contribution in [0.1, 0.15) is 34.1 Å². The van der Waals surface area contributed by atoms with Crippen molar-refractivity contribution in [3.8, 4) is 0 Å². The second-order valence-electron chi connectivity index (χ2n) is 10.7. The van der Waals surface area contributed by atoms with Crippen LogP contribution < -0.4 is 0 Å². The first-order chi connectivity index (χ1) is 13.8. The van der Waals surface area contributed by atoms with E-state index in [2.05, 4.69) is 0 Å². The van der Waals surface area contributed by atoms with E-state index in [4.69, 9.17) is 18.9 Å². The first-order valence-electron chi connectivity index (χ1n) is 10.2. The van der Waals surface area contributed by atoms with Gasteiger partial charge in [0.05, 0.1) is 22.9 Å². The molecule has 30 heavy (non-hydrogen) atoms. The third kappa shape index (κ3) is 1.35. The Labute approximate surface area is 171 Å². The summed E-state index contributed by atoms with van der Waals surface area (Å²) in [5.74, 6) is -4.43. The lowest BCUT2D eigenvalue weighted by Gasteiger charge is -2.46. The molecule has 0 aromatic heterocycles. The summed E-state index contributed by atoms with van der Waals surface area (Å²) in [6.45, 7) is 6.97. The van der Waals surface area contributed by atoms with E-state index in [-0.39, 0.29) is 6.42 Å². The van der Waals surface area contributed by atoms with E-state index in [0.717, 1.165) is 0 Å². The van der Waals surface area contributed by atoms with E-state index in [0.29, 0.717) is 0 Å². The first-order valence-corrected chi connectivity index (χ1v) is 10.2. The molecule has 164 valence electrons. The molecule has 11 atom stereocenters. The molecule has 10 nitrogen and oxygen atoms in total. The smallest absolute Gasteiger partial charge is 0.342 e. The van der Waals surface area contributed by atoms with Crippen LogP contribution in [0.15, 0.2) is 0 Å². The van der Waals surface area contributed by atoms with Crippen LogP contribution in [-0.2, 0) is 33.3 Å². The van der Waals surface area contributed by atoms with Crippen LogP contribution in [0.4, 0.5) is 0 Å². The monoisotopic (exact) mass is 424 g/mol. The van der Waals surface area contributed by atoms with Crippen molar-refractivity contribution in [1.82, 2.24) is 0 Å². The molecule has 3 N–H and O–H groups in total. The van der Waals surface area contributed by atoms with Gasteiger partial charge in [0.1, 0.15) is 12.2 Å². The number of ether oxygens (including phenoxy) is 4. The molecule has 7 unspecified atom stereocenters. The number of carbonyl (C=O) groups is 3. The van der Waals surface area contributed by atoms with Crippen molar-refractivity contribution in [3.05, 3.63) is 0 Å². The molecule has 2 saturated carbocycles. The fraction of sp³-hybridized carbons (Fsp3) is 0.850. The number of fused-ring (bicyclic) bond motifs is 1. The molecule has 2 aliphatic carbocycles. The predicted octanol–water partition coefficient (Wildman–Crippen LogP) is -1.37.